The molecule has 23 heavy (non-hydrogen) atoms. The Hall–Kier alpha value is -1.95. The Morgan fingerprint density at radius 3 is 2.04 bits per heavy atom. The molecule has 0 aliphatic carbocycles. The summed E-state index contributed by atoms with van der Waals surface area (Å²) in [5, 5.41) is 2.94. The van der Waals surface area contributed by atoms with Gasteiger partial charge in [-0.15, -0.1) is 0 Å². The maximum absolute atomic E-state index is 12.2. The zero-order valence-corrected chi connectivity index (χ0v) is 14.8. The molecule has 1 aromatic rings. The number of rotatable bonds is 8. The Kier molecular flexibility index (Phi) is 7.16. The fraction of sp³-hybridized carbons (Fsp3) is 0.588. The van der Waals surface area contributed by atoms with Crippen LogP contribution in [0.4, 0.5) is 0 Å². The molecule has 1 rings (SSSR count). The first-order valence-corrected chi connectivity index (χ1v) is 7.75. The van der Waals surface area contributed by atoms with E-state index in [0.717, 1.165) is 12.0 Å². The molecule has 0 aromatic heterocycles. The van der Waals surface area contributed by atoms with Gasteiger partial charge in [-0.1, -0.05) is 20.3 Å². The van der Waals surface area contributed by atoms with Crippen molar-refractivity contribution in [2.75, 3.05) is 21.3 Å². The van der Waals surface area contributed by atoms with Crippen molar-refractivity contribution in [3.63, 3.8) is 0 Å². The SMILES string of the molecule is CCC(C)C(N)C(=O)NC(C)c1cc(OC)c(OC)c(OC)c1. The van der Waals surface area contributed by atoms with Gasteiger partial charge >= 0.3 is 0 Å². The standard InChI is InChI=1S/C17H28N2O4/c1-7-10(2)15(18)17(20)19-11(3)12-8-13(21-4)16(23-6)14(9-12)22-5/h8-11,15H,7,18H2,1-6H3,(H,19,20). The van der Waals surface area contributed by atoms with E-state index < -0.39 is 6.04 Å². The zero-order valence-electron chi connectivity index (χ0n) is 14.8. The summed E-state index contributed by atoms with van der Waals surface area (Å²) in [6.07, 6.45) is 0.854. The highest BCUT2D eigenvalue weighted by Crippen LogP contribution is 2.39. The Bertz CT molecular complexity index is 508. The highest BCUT2D eigenvalue weighted by Gasteiger charge is 2.22. The zero-order chi connectivity index (χ0) is 17.6. The number of hydrogen-bond donors (Lipinski definition) is 2. The van der Waals surface area contributed by atoms with Gasteiger partial charge in [-0.05, 0) is 30.5 Å². The summed E-state index contributed by atoms with van der Waals surface area (Å²) in [4.78, 5) is 12.2. The average molecular weight is 324 g/mol. The molecule has 1 amide bonds. The molecule has 0 fully saturated rings. The highest BCUT2D eigenvalue weighted by molar-refractivity contribution is 5.82. The molecule has 6 heteroatoms. The lowest BCUT2D eigenvalue weighted by molar-refractivity contribution is -0.124. The molecule has 0 saturated carbocycles. The minimum absolute atomic E-state index is 0.127. The van der Waals surface area contributed by atoms with Gasteiger partial charge in [-0.2, -0.15) is 0 Å². The van der Waals surface area contributed by atoms with Gasteiger partial charge in [-0.3, -0.25) is 4.79 Å². The molecule has 3 unspecified atom stereocenters. The Balaban J connectivity index is 3.00. The lowest BCUT2D eigenvalue weighted by Gasteiger charge is -2.22. The number of nitrogens with one attached hydrogen (secondary N) is 1. The number of carbonyl (C=O) groups is 1. The fourth-order valence-corrected chi connectivity index (χ4v) is 2.26. The lowest BCUT2D eigenvalue weighted by Crippen LogP contribution is -2.45. The summed E-state index contributed by atoms with van der Waals surface area (Å²) in [6, 6.07) is 2.89. The summed E-state index contributed by atoms with van der Waals surface area (Å²) < 4.78 is 16.0. The second-order valence-electron chi connectivity index (χ2n) is 5.60. The van der Waals surface area contributed by atoms with Crippen LogP contribution < -0.4 is 25.3 Å². The minimum Gasteiger partial charge on any atom is -0.493 e. The van der Waals surface area contributed by atoms with E-state index in [1.54, 1.807) is 21.3 Å². The van der Waals surface area contributed by atoms with E-state index in [2.05, 4.69) is 5.32 Å². The molecule has 0 heterocycles. The van der Waals surface area contributed by atoms with Crippen LogP contribution in [0.25, 0.3) is 0 Å². The maximum atomic E-state index is 12.2. The third kappa shape index (κ3) is 4.51. The van der Waals surface area contributed by atoms with Gasteiger partial charge < -0.3 is 25.3 Å². The Labute approximate surface area is 138 Å². The van der Waals surface area contributed by atoms with Crippen molar-refractivity contribution < 1.29 is 19.0 Å². The molecule has 0 spiro atoms. The number of carbonyl (C=O) groups excluding carboxylic acids is 1. The molecule has 0 bridgehead atoms. The van der Waals surface area contributed by atoms with Gasteiger partial charge in [0.15, 0.2) is 11.5 Å². The molecule has 3 atom stereocenters. The first-order valence-electron chi connectivity index (χ1n) is 7.75. The number of amides is 1. The number of hydrogen-bond acceptors (Lipinski definition) is 5. The van der Waals surface area contributed by atoms with Crippen LogP contribution in [0, 0.1) is 5.92 Å². The second-order valence-corrected chi connectivity index (χ2v) is 5.60. The van der Waals surface area contributed by atoms with E-state index >= 15 is 0 Å². The molecular weight excluding hydrogens is 296 g/mol. The van der Waals surface area contributed by atoms with E-state index in [9.17, 15) is 4.79 Å². The topological polar surface area (TPSA) is 82.8 Å². The Morgan fingerprint density at radius 1 is 1.13 bits per heavy atom. The summed E-state index contributed by atoms with van der Waals surface area (Å²) in [6.45, 7) is 5.87. The number of ether oxygens (including phenoxy) is 3. The van der Waals surface area contributed by atoms with E-state index in [0.29, 0.717) is 17.2 Å². The summed E-state index contributed by atoms with van der Waals surface area (Å²) in [7, 11) is 4.67. The van der Waals surface area contributed by atoms with Crippen molar-refractivity contribution in [3.8, 4) is 17.2 Å². The molecule has 0 radical (unpaired) electrons. The van der Waals surface area contributed by atoms with Crippen molar-refractivity contribution in [1.82, 2.24) is 5.32 Å². The van der Waals surface area contributed by atoms with E-state index in [4.69, 9.17) is 19.9 Å². The number of benzene rings is 1. The molecule has 0 aliphatic heterocycles. The van der Waals surface area contributed by atoms with Crippen molar-refractivity contribution >= 4 is 5.91 Å². The quantitative estimate of drug-likeness (QED) is 0.766. The normalized spacial score (nSPS) is 14.6. The van der Waals surface area contributed by atoms with Gasteiger partial charge in [0.2, 0.25) is 11.7 Å². The molecule has 3 N–H and O–H groups in total. The minimum atomic E-state index is -0.524. The van der Waals surface area contributed by atoms with Crippen LogP contribution in [0.15, 0.2) is 12.1 Å². The predicted molar refractivity (Wildman–Crippen MR) is 90.1 cm³/mol. The first kappa shape index (κ1) is 19.1. The largest absolute Gasteiger partial charge is 0.493 e. The average Bonchev–Trinajstić information content (AvgIpc) is 2.58. The van der Waals surface area contributed by atoms with Crippen LogP contribution in [0.3, 0.4) is 0 Å². The van der Waals surface area contributed by atoms with E-state index in [1.807, 2.05) is 32.9 Å². The monoisotopic (exact) mass is 324 g/mol. The van der Waals surface area contributed by atoms with E-state index in [1.165, 1.54) is 0 Å². The first-order chi connectivity index (χ1) is 10.9. The molecular formula is C17H28N2O4. The van der Waals surface area contributed by atoms with Crippen LogP contribution in [0.5, 0.6) is 17.2 Å². The van der Waals surface area contributed by atoms with Gasteiger partial charge in [0, 0.05) is 0 Å². The number of nitrogens with two attached hydrogens (primary N) is 1. The summed E-state index contributed by atoms with van der Waals surface area (Å²) in [5.41, 5.74) is 6.83. The van der Waals surface area contributed by atoms with Crippen molar-refractivity contribution in [3.05, 3.63) is 17.7 Å². The molecule has 130 valence electrons. The lowest BCUT2D eigenvalue weighted by atomic mass is 9.98. The number of methoxy groups -OCH3 is 3. The molecule has 0 saturated heterocycles. The van der Waals surface area contributed by atoms with Crippen LogP contribution in [-0.2, 0) is 4.79 Å². The van der Waals surface area contributed by atoms with Crippen LogP contribution >= 0.6 is 0 Å². The highest BCUT2D eigenvalue weighted by atomic mass is 16.5. The predicted octanol–water partition coefficient (Wildman–Crippen LogP) is 2.26. The second kappa shape index (κ2) is 8.62. The van der Waals surface area contributed by atoms with Crippen LogP contribution in [0.2, 0.25) is 0 Å². The van der Waals surface area contributed by atoms with Crippen LogP contribution in [-0.4, -0.2) is 33.3 Å². The summed E-state index contributed by atoms with van der Waals surface area (Å²) in [5.74, 6) is 1.58. The van der Waals surface area contributed by atoms with Gasteiger partial charge in [0.05, 0.1) is 33.4 Å². The molecule has 0 aliphatic rings. The summed E-state index contributed by atoms with van der Waals surface area (Å²) >= 11 is 0. The van der Waals surface area contributed by atoms with Crippen molar-refractivity contribution in [2.45, 2.75) is 39.3 Å². The fourth-order valence-electron chi connectivity index (χ4n) is 2.26. The van der Waals surface area contributed by atoms with Gasteiger partial charge in [-0.25, -0.2) is 0 Å². The third-order valence-corrected chi connectivity index (χ3v) is 4.11. The van der Waals surface area contributed by atoms with Crippen molar-refractivity contribution in [1.29, 1.82) is 0 Å². The van der Waals surface area contributed by atoms with E-state index in [-0.39, 0.29) is 17.9 Å². The van der Waals surface area contributed by atoms with Crippen LogP contribution in [0.1, 0.15) is 38.8 Å². The third-order valence-electron chi connectivity index (χ3n) is 4.11. The smallest absolute Gasteiger partial charge is 0.237 e. The molecule has 6 nitrogen and oxygen atoms in total. The van der Waals surface area contributed by atoms with Crippen molar-refractivity contribution in [2.24, 2.45) is 11.7 Å². The van der Waals surface area contributed by atoms with Gasteiger partial charge in [0.1, 0.15) is 0 Å². The maximum Gasteiger partial charge on any atom is 0.237 e. The Morgan fingerprint density at radius 2 is 1.65 bits per heavy atom. The molecule has 1 aromatic carbocycles. The van der Waals surface area contributed by atoms with Gasteiger partial charge in [0.25, 0.3) is 0 Å².